The fourth-order valence-corrected chi connectivity index (χ4v) is 2.04. The lowest BCUT2D eigenvalue weighted by Crippen LogP contribution is -2.05. The average Bonchev–Trinajstić information content (AvgIpc) is 3.06. The lowest BCUT2D eigenvalue weighted by Gasteiger charge is -2.05. The Labute approximate surface area is 141 Å². The molecule has 2 heterocycles. The molecule has 0 atom stereocenters. The second kappa shape index (κ2) is 5.98. The van der Waals surface area contributed by atoms with E-state index in [1.807, 2.05) is 0 Å². The van der Waals surface area contributed by atoms with Crippen LogP contribution in [0.4, 0.5) is 18.9 Å². The maximum Gasteiger partial charge on any atom is 0.417 e. The highest BCUT2D eigenvalue weighted by Gasteiger charge is 2.31. The van der Waals surface area contributed by atoms with Gasteiger partial charge in [-0.2, -0.15) is 18.2 Å². The van der Waals surface area contributed by atoms with Gasteiger partial charge in [-0.1, -0.05) is 5.16 Å². The summed E-state index contributed by atoms with van der Waals surface area (Å²) in [6.45, 7) is 0. The van der Waals surface area contributed by atoms with Gasteiger partial charge in [-0.25, -0.2) is 0 Å². The predicted octanol–water partition coefficient (Wildman–Crippen LogP) is 3.14. The number of nitrogens with zero attached hydrogens (tertiary/aromatic N) is 4. The molecule has 0 saturated heterocycles. The van der Waals surface area contributed by atoms with Crippen LogP contribution < -0.4 is 0 Å². The summed E-state index contributed by atoms with van der Waals surface area (Å²) in [5.41, 5.74) is -2.02. The maximum atomic E-state index is 12.7. The summed E-state index contributed by atoms with van der Waals surface area (Å²) in [6.07, 6.45) is -2.92. The first-order chi connectivity index (χ1) is 12.2. The molecule has 134 valence electrons. The van der Waals surface area contributed by atoms with E-state index in [2.05, 4.69) is 15.1 Å². The Morgan fingerprint density at radius 3 is 2.50 bits per heavy atom. The average molecular weight is 368 g/mol. The van der Waals surface area contributed by atoms with Gasteiger partial charge in [0.05, 0.1) is 16.1 Å². The molecule has 0 unspecified atom stereocenters. The van der Waals surface area contributed by atoms with Crippen LogP contribution in [0, 0.1) is 10.1 Å². The predicted molar refractivity (Wildman–Crippen MR) is 78.0 cm³/mol. The molecule has 0 aliphatic heterocycles. The number of aromatic hydroxyl groups is 2. The molecule has 0 saturated carbocycles. The second-order valence-electron chi connectivity index (χ2n) is 5.00. The van der Waals surface area contributed by atoms with Crippen LogP contribution in [0.1, 0.15) is 5.56 Å². The summed E-state index contributed by atoms with van der Waals surface area (Å²) in [5, 5.41) is 33.4. The zero-order valence-corrected chi connectivity index (χ0v) is 12.4. The van der Waals surface area contributed by atoms with Crippen LogP contribution in [0.25, 0.3) is 22.8 Å². The van der Waals surface area contributed by atoms with E-state index in [0.717, 1.165) is 24.4 Å². The highest BCUT2D eigenvalue weighted by Crippen LogP contribution is 2.39. The molecule has 3 aromatic rings. The molecule has 0 aliphatic rings. The van der Waals surface area contributed by atoms with E-state index >= 15 is 0 Å². The Bertz CT molecular complexity index is 1000. The molecule has 0 bridgehead atoms. The molecule has 0 amide bonds. The molecule has 0 radical (unpaired) electrons. The third-order valence-electron chi connectivity index (χ3n) is 3.26. The molecular formula is C14H7F3N4O5. The van der Waals surface area contributed by atoms with Crippen LogP contribution in [0.15, 0.2) is 35.1 Å². The molecule has 2 aromatic heterocycles. The van der Waals surface area contributed by atoms with Crippen molar-refractivity contribution in [2.75, 3.05) is 0 Å². The lowest BCUT2D eigenvalue weighted by molar-refractivity contribution is -0.385. The number of phenols is 2. The molecule has 0 fully saturated rings. The summed E-state index contributed by atoms with van der Waals surface area (Å²) in [6, 6.07) is 2.58. The van der Waals surface area contributed by atoms with Gasteiger partial charge in [0.25, 0.3) is 5.89 Å². The van der Waals surface area contributed by atoms with Crippen LogP contribution in [0.3, 0.4) is 0 Å². The number of hydrogen-bond donors (Lipinski definition) is 2. The van der Waals surface area contributed by atoms with Crippen molar-refractivity contribution in [3.63, 3.8) is 0 Å². The largest absolute Gasteiger partial charge is 0.504 e. The molecule has 0 aliphatic carbocycles. The zero-order chi connectivity index (χ0) is 19.1. The van der Waals surface area contributed by atoms with Gasteiger partial charge in [0, 0.05) is 24.0 Å². The van der Waals surface area contributed by atoms with Gasteiger partial charge in [0.15, 0.2) is 5.75 Å². The van der Waals surface area contributed by atoms with E-state index in [1.54, 1.807) is 0 Å². The summed E-state index contributed by atoms with van der Waals surface area (Å²) in [4.78, 5) is 17.2. The minimum atomic E-state index is -4.62. The Hall–Kier alpha value is -3.70. The highest BCUT2D eigenvalue weighted by atomic mass is 19.4. The van der Waals surface area contributed by atoms with Crippen molar-refractivity contribution in [1.29, 1.82) is 0 Å². The highest BCUT2D eigenvalue weighted by molar-refractivity contribution is 5.69. The Balaban J connectivity index is 2.03. The molecular weight excluding hydrogens is 361 g/mol. The number of pyridine rings is 1. The van der Waals surface area contributed by atoms with E-state index in [9.17, 15) is 33.5 Å². The molecule has 9 nitrogen and oxygen atoms in total. The van der Waals surface area contributed by atoms with Crippen LogP contribution >= 0.6 is 0 Å². The first-order valence-corrected chi connectivity index (χ1v) is 6.74. The van der Waals surface area contributed by atoms with Gasteiger partial charge in [-0.15, -0.1) is 0 Å². The standard InChI is InChI=1S/C14H7F3N4O5/c15-14(16,17)8-1-7(4-18-5-8)13-19-12(20-26-13)6-2-9(21(24)25)11(23)10(22)3-6/h1-5,22-23H. The quantitative estimate of drug-likeness (QED) is 0.409. The third-order valence-corrected chi connectivity index (χ3v) is 3.26. The number of rotatable bonds is 3. The number of alkyl halides is 3. The van der Waals surface area contributed by atoms with Gasteiger partial charge in [-0.05, 0) is 12.1 Å². The fourth-order valence-electron chi connectivity index (χ4n) is 2.04. The van der Waals surface area contributed by atoms with Crippen LogP contribution in [0.2, 0.25) is 0 Å². The van der Waals surface area contributed by atoms with Gasteiger partial charge < -0.3 is 14.7 Å². The summed E-state index contributed by atoms with van der Waals surface area (Å²) in [5.74, 6) is -2.28. The number of benzene rings is 1. The van der Waals surface area contributed by atoms with Crippen LogP contribution in [-0.4, -0.2) is 30.3 Å². The van der Waals surface area contributed by atoms with Gasteiger partial charge >= 0.3 is 11.9 Å². The molecule has 0 spiro atoms. The minimum Gasteiger partial charge on any atom is -0.504 e. The van der Waals surface area contributed by atoms with E-state index in [0.29, 0.717) is 6.20 Å². The number of nitro groups is 1. The summed E-state index contributed by atoms with van der Waals surface area (Å²) < 4.78 is 43.1. The monoisotopic (exact) mass is 368 g/mol. The normalized spacial score (nSPS) is 11.5. The van der Waals surface area contributed by atoms with E-state index in [4.69, 9.17) is 4.52 Å². The van der Waals surface area contributed by atoms with E-state index in [-0.39, 0.29) is 22.8 Å². The van der Waals surface area contributed by atoms with Gasteiger partial charge in [0.2, 0.25) is 11.6 Å². The number of nitro benzene ring substituents is 1. The van der Waals surface area contributed by atoms with E-state index in [1.165, 1.54) is 0 Å². The van der Waals surface area contributed by atoms with Crippen LogP contribution in [0.5, 0.6) is 11.5 Å². The Kier molecular flexibility index (Phi) is 3.94. The maximum absolute atomic E-state index is 12.7. The second-order valence-corrected chi connectivity index (χ2v) is 5.00. The Morgan fingerprint density at radius 1 is 1.12 bits per heavy atom. The van der Waals surface area contributed by atoms with Gasteiger partial charge in [0.1, 0.15) is 0 Å². The van der Waals surface area contributed by atoms with Crippen molar-refractivity contribution in [3.8, 4) is 34.3 Å². The minimum absolute atomic E-state index is 0.0815. The topological polar surface area (TPSA) is 135 Å². The number of hydrogen-bond acceptors (Lipinski definition) is 8. The number of phenolic OH excluding ortho intramolecular Hbond substituents is 2. The first-order valence-electron chi connectivity index (χ1n) is 6.74. The molecule has 26 heavy (non-hydrogen) atoms. The summed E-state index contributed by atoms with van der Waals surface area (Å²) in [7, 11) is 0. The number of halogens is 3. The van der Waals surface area contributed by atoms with Crippen molar-refractivity contribution in [3.05, 3.63) is 46.3 Å². The van der Waals surface area contributed by atoms with Crippen molar-refractivity contribution >= 4 is 5.69 Å². The van der Waals surface area contributed by atoms with Crippen molar-refractivity contribution in [1.82, 2.24) is 15.1 Å². The SMILES string of the molecule is O=[N+]([O-])c1cc(-c2noc(-c3cncc(C(F)(F)F)c3)n2)cc(O)c1O. The fraction of sp³-hybridized carbons (Fsp3) is 0.0714. The van der Waals surface area contributed by atoms with Gasteiger partial charge in [-0.3, -0.25) is 15.1 Å². The van der Waals surface area contributed by atoms with E-state index < -0.39 is 33.8 Å². The van der Waals surface area contributed by atoms with Crippen molar-refractivity contribution in [2.45, 2.75) is 6.18 Å². The van der Waals surface area contributed by atoms with Crippen LogP contribution in [-0.2, 0) is 6.18 Å². The first kappa shape index (κ1) is 17.1. The molecule has 1 aromatic carbocycles. The molecule has 2 N–H and O–H groups in total. The summed E-state index contributed by atoms with van der Waals surface area (Å²) >= 11 is 0. The molecule has 3 rings (SSSR count). The lowest BCUT2D eigenvalue weighted by atomic mass is 10.1. The smallest absolute Gasteiger partial charge is 0.417 e. The van der Waals surface area contributed by atoms with Crippen molar-refractivity contribution < 1.29 is 32.8 Å². The number of aromatic nitrogens is 3. The van der Waals surface area contributed by atoms with Crippen molar-refractivity contribution in [2.24, 2.45) is 0 Å². The third kappa shape index (κ3) is 3.11. The Morgan fingerprint density at radius 2 is 1.85 bits per heavy atom. The molecule has 12 heteroatoms. The zero-order valence-electron chi connectivity index (χ0n) is 12.4.